The topological polar surface area (TPSA) is 41.1 Å². The van der Waals surface area contributed by atoms with E-state index >= 15 is 0 Å². The van der Waals surface area contributed by atoms with Gasteiger partial charge in [-0.2, -0.15) is 26.3 Å². The van der Waals surface area contributed by atoms with Crippen LogP contribution in [0, 0.1) is 5.92 Å². The molecule has 1 aliphatic heterocycles. The van der Waals surface area contributed by atoms with Gasteiger partial charge < -0.3 is 10.6 Å². The van der Waals surface area contributed by atoms with E-state index in [1.807, 2.05) is 0 Å². The molecule has 1 fully saturated rings. The highest BCUT2D eigenvalue weighted by atomic mass is 19.4. The van der Waals surface area contributed by atoms with E-state index in [9.17, 15) is 31.1 Å². The van der Waals surface area contributed by atoms with Gasteiger partial charge in [-0.05, 0) is 19.3 Å². The second-order valence-corrected chi connectivity index (χ2v) is 4.46. The Morgan fingerprint density at radius 2 is 1.79 bits per heavy atom. The van der Waals surface area contributed by atoms with E-state index in [0.717, 1.165) is 0 Å². The molecule has 0 aliphatic carbocycles. The minimum atomic E-state index is -4.93. The molecule has 1 heterocycles. The number of carbonyl (C=O) groups excluding carboxylic acids is 1. The molecule has 1 aliphatic rings. The summed E-state index contributed by atoms with van der Waals surface area (Å²) in [4.78, 5) is 10.5. The average Bonchev–Trinajstić information content (AvgIpc) is 2.27. The second-order valence-electron chi connectivity index (χ2n) is 4.46. The predicted octanol–water partition coefficient (Wildman–Crippen LogP) is 1.99. The minimum Gasteiger partial charge on any atom is -0.348 e. The van der Waals surface area contributed by atoms with Gasteiger partial charge in [0.15, 0.2) is 0 Å². The van der Waals surface area contributed by atoms with Crippen LogP contribution < -0.4 is 10.6 Å². The molecule has 0 radical (unpaired) electrons. The molecule has 1 rings (SSSR count). The van der Waals surface area contributed by atoms with Crippen LogP contribution in [0.5, 0.6) is 0 Å². The molecule has 3 nitrogen and oxygen atoms in total. The van der Waals surface area contributed by atoms with Crippen molar-refractivity contribution in [1.29, 1.82) is 0 Å². The van der Waals surface area contributed by atoms with Crippen LogP contribution in [0.4, 0.5) is 26.3 Å². The summed E-state index contributed by atoms with van der Waals surface area (Å²) in [5.74, 6) is -3.44. The van der Waals surface area contributed by atoms with Crippen molar-refractivity contribution in [3.8, 4) is 0 Å². The van der Waals surface area contributed by atoms with E-state index in [2.05, 4.69) is 5.32 Å². The van der Waals surface area contributed by atoms with Gasteiger partial charge in [-0.25, -0.2) is 0 Å². The number of amides is 1. The zero-order chi connectivity index (χ0) is 14.7. The lowest BCUT2D eigenvalue weighted by Gasteiger charge is -2.31. The van der Waals surface area contributed by atoms with Gasteiger partial charge in [-0.1, -0.05) is 0 Å². The maximum Gasteiger partial charge on any atom is 0.471 e. The molecule has 0 unspecified atom stereocenters. The smallest absolute Gasteiger partial charge is 0.348 e. The summed E-state index contributed by atoms with van der Waals surface area (Å²) in [6.07, 6.45) is -8.82. The van der Waals surface area contributed by atoms with Crippen LogP contribution in [-0.4, -0.2) is 37.4 Å². The van der Waals surface area contributed by atoms with Crippen LogP contribution in [0.25, 0.3) is 0 Å². The van der Waals surface area contributed by atoms with Gasteiger partial charge in [-0.3, -0.25) is 4.79 Å². The van der Waals surface area contributed by atoms with E-state index in [1.54, 1.807) is 5.32 Å². The third-order valence-corrected chi connectivity index (χ3v) is 3.02. The molecule has 0 aromatic heterocycles. The molecule has 0 spiro atoms. The Kier molecular flexibility index (Phi) is 5.05. The second kappa shape index (κ2) is 5.98. The molecular weight excluding hydrogens is 278 g/mol. The third kappa shape index (κ3) is 5.25. The van der Waals surface area contributed by atoms with Crippen LogP contribution >= 0.6 is 0 Å². The number of alkyl halides is 6. The van der Waals surface area contributed by atoms with Gasteiger partial charge in [0.1, 0.15) is 0 Å². The molecule has 9 heteroatoms. The van der Waals surface area contributed by atoms with E-state index in [-0.39, 0.29) is 38.4 Å². The fourth-order valence-corrected chi connectivity index (χ4v) is 1.90. The van der Waals surface area contributed by atoms with Gasteiger partial charge in [0, 0.05) is 19.1 Å². The first kappa shape index (κ1) is 16.1. The SMILES string of the molecule is O=C(NCC[C@@H]1CC[C@H](C(F)(F)F)CN1)C(F)(F)F. The van der Waals surface area contributed by atoms with Crippen LogP contribution in [-0.2, 0) is 4.79 Å². The minimum absolute atomic E-state index is 0.0472. The molecule has 1 saturated heterocycles. The Bertz CT molecular complexity index is 306. The first-order valence-electron chi connectivity index (χ1n) is 5.76. The van der Waals surface area contributed by atoms with E-state index < -0.39 is 24.2 Å². The molecule has 0 saturated carbocycles. The Morgan fingerprint density at radius 1 is 1.16 bits per heavy atom. The number of halogens is 6. The summed E-state index contributed by atoms with van der Waals surface area (Å²) in [7, 11) is 0. The molecule has 112 valence electrons. The fraction of sp³-hybridized carbons (Fsp3) is 0.900. The predicted molar refractivity (Wildman–Crippen MR) is 54.3 cm³/mol. The van der Waals surface area contributed by atoms with Crippen molar-refractivity contribution in [3.05, 3.63) is 0 Å². The van der Waals surface area contributed by atoms with E-state index in [4.69, 9.17) is 0 Å². The molecule has 0 aromatic rings. The zero-order valence-electron chi connectivity index (χ0n) is 9.87. The highest BCUT2D eigenvalue weighted by molar-refractivity contribution is 5.81. The first-order chi connectivity index (χ1) is 8.60. The maximum atomic E-state index is 12.3. The third-order valence-electron chi connectivity index (χ3n) is 3.02. The van der Waals surface area contributed by atoms with Crippen molar-refractivity contribution in [1.82, 2.24) is 10.6 Å². The van der Waals surface area contributed by atoms with Crippen LogP contribution in [0.15, 0.2) is 0 Å². The normalized spacial score (nSPS) is 25.2. The standard InChI is InChI=1S/C10H14F6N2O/c11-9(12,13)6-1-2-7(18-5-6)3-4-17-8(19)10(14,15)16/h6-7,18H,1-5H2,(H,17,19)/t6-,7-/m0/s1. The lowest BCUT2D eigenvalue weighted by atomic mass is 9.93. The van der Waals surface area contributed by atoms with Crippen molar-refractivity contribution < 1.29 is 31.1 Å². The quantitative estimate of drug-likeness (QED) is 0.781. The van der Waals surface area contributed by atoms with Gasteiger partial charge in [0.25, 0.3) is 0 Å². The Balaban J connectivity index is 2.22. The van der Waals surface area contributed by atoms with E-state index in [1.165, 1.54) is 0 Å². The maximum absolute atomic E-state index is 12.3. The summed E-state index contributed by atoms with van der Waals surface area (Å²) in [5.41, 5.74) is 0. The Morgan fingerprint density at radius 3 is 2.21 bits per heavy atom. The van der Waals surface area contributed by atoms with Crippen LogP contribution in [0.1, 0.15) is 19.3 Å². The van der Waals surface area contributed by atoms with Crippen molar-refractivity contribution >= 4 is 5.91 Å². The Labute approximate surface area is 105 Å². The van der Waals surface area contributed by atoms with Gasteiger partial charge >= 0.3 is 18.3 Å². The van der Waals surface area contributed by atoms with Gasteiger partial charge in [0.05, 0.1) is 5.92 Å². The average molecular weight is 292 g/mol. The van der Waals surface area contributed by atoms with Crippen molar-refractivity contribution in [2.45, 2.75) is 37.7 Å². The summed E-state index contributed by atoms with van der Waals surface area (Å²) in [5, 5.41) is 4.32. The van der Waals surface area contributed by atoms with Crippen molar-refractivity contribution in [2.24, 2.45) is 5.92 Å². The number of piperidine rings is 1. The molecule has 2 atom stereocenters. The number of hydrogen-bond donors (Lipinski definition) is 2. The molecule has 2 N–H and O–H groups in total. The summed E-state index contributed by atoms with van der Waals surface area (Å²) in [6, 6.07) is -0.299. The monoisotopic (exact) mass is 292 g/mol. The number of nitrogens with one attached hydrogen (secondary N) is 2. The molecule has 1 amide bonds. The summed E-state index contributed by atoms with van der Waals surface area (Å²) < 4.78 is 72.5. The first-order valence-corrected chi connectivity index (χ1v) is 5.76. The fourth-order valence-electron chi connectivity index (χ4n) is 1.90. The molecule has 0 aromatic carbocycles. The summed E-state index contributed by atoms with van der Waals surface area (Å²) >= 11 is 0. The lowest BCUT2D eigenvalue weighted by molar-refractivity contribution is -0.179. The Hall–Kier alpha value is -0.990. The van der Waals surface area contributed by atoms with Crippen molar-refractivity contribution in [3.63, 3.8) is 0 Å². The highest BCUT2D eigenvalue weighted by Crippen LogP contribution is 2.32. The van der Waals surface area contributed by atoms with Crippen LogP contribution in [0.3, 0.4) is 0 Å². The molecule has 19 heavy (non-hydrogen) atoms. The lowest BCUT2D eigenvalue weighted by Crippen LogP contribution is -2.46. The largest absolute Gasteiger partial charge is 0.471 e. The molecule has 0 bridgehead atoms. The number of rotatable bonds is 3. The van der Waals surface area contributed by atoms with E-state index in [0.29, 0.717) is 0 Å². The van der Waals surface area contributed by atoms with Gasteiger partial charge in [0.2, 0.25) is 0 Å². The van der Waals surface area contributed by atoms with Crippen molar-refractivity contribution in [2.75, 3.05) is 13.1 Å². The zero-order valence-corrected chi connectivity index (χ0v) is 9.87. The molecular formula is C10H14F6N2O. The highest BCUT2D eigenvalue weighted by Gasteiger charge is 2.41. The number of hydrogen-bond acceptors (Lipinski definition) is 2. The number of carbonyl (C=O) groups is 1. The van der Waals surface area contributed by atoms with Gasteiger partial charge in [-0.15, -0.1) is 0 Å². The summed E-state index contributed by atoms with van der Waals surface area (Å²) in [6.45, 7) is -0.450. The van der Waals surface area contributed by atoms with Crippen LogP contribution in [0.2, 0.25) is 0 Å².